The normalized spacial score (nSPS) is 19.2. The lowest BCUT2D eigenvalue weighted by atomic mass is 10.0. The maximum Gasteiger partial charge on any atom is 0.186 e. The highest BCUT2D eigenvalue weighted by Crippen LogP contribution is 2.36. The lowest BCUT2D eigenvalue weighted by molar-refractivity contribution is 0.0976. The Hall–Kier alpha value is -0.900. The van der Waals surface area contributed by atoms with Gasteiger partial charge in [-0.05, 0) is 45.4 Å². The first kappa shape index (κ1) is 12.2. The standard InChI is InChI=1S/C14H20N2OS/c1-9(2)16(8-10-6-7-10)14-15-11-4-3-5-12(17)13(11)18-14/h9-10H,3-8H2,1-2H3. The summed E-state index contributed by atoms with van der Waals surface area (Å²) in [5.74, 6) is 1.15. The summed E-state index contributed by atoms with van der Waals surface area (Å²) >= 11 is 1.61. The fourth-order valence-electron chi connectivity index (χ4n) is 2.47. The molecule has 2 aliphatic rings. The van der Waals surface area contributed by atoms with Crippen molar-refractivity contribution in [3.05, 3.63) is 10.6 Å². The van der Waals surface area contributed by atoms with Crippen LogP contribution in [0.4, 0.5) is 5.13 Å². The quantitative estimate of drug-likeness (QED) is 0.836. The molecule has 3 rings (SSSR count). The van der Waals surface area contributed by atoms with Crippen LogP contribution in [-0.4, -0.2) is 23.4 Å². The molecular weight excluding hydrogens is 244 g/mol. The van der Waals surface area contributed by atoms with Gasteiger partial charge in [0, 0.05) is 19.0 Å². The predicted molar refractivity (Wildman–Crippen MR) is 74.6 cm³/mol. The number of ketones is 1. The lowest BCUT2D eigenvalue weighted by Gasteiger charge is -2.26. The summed E-state index contributed by atoms with van der Waals surface area (Å²) < 4.78 is 0. The molecule has 0 unspecified atom stereocenters. The zero-order chi connectivity index (χ0) is 12.7. The van der Waals surface area contributed by atoms with E-state index in [0.717, 1.165) is 41.0 Å². The molecule has 1 fully saturated rings. The van der Waals surface area contributed by atoms with Crippen LogP contribution in [0, 0.1) is 5.92 Å². The molecule has 0 aliphatic heterocycles. The molecule has 0 aromatic carbocycles. The summed E-state index contributed by atoms with van der Waals surface area (Å²) in [6.45, 7) is 5.54. The van der Waals surface area contributed by atoms with E-state index in [9.17, 15) is 4.79 Å². The van der Waals surface area contributed by atoms with Crippen molar-refractivity contribution in [1.29, 1.82) is 0 Å². The van der Waals surface area contributed by atoms with E-state index in [1.165, 1.54) is 12.8 Å². The van der Waals surface area contributed by atoms with E-state index in [1.807, 2.05) is 0 Å². The molecule has 98 valence electrons. The second-order valence-corrected chi connectivity index (χ2v) is 6.72. The number of nitrogens with zero attached hydrogens (tertiary/aromatic N) is 2. The van der Waals surface area contributed by atoms with Crippen molar-refractivity contribution in [3.63, 3.8) is 0 Å². The first-order valence-corrected chi connectivity index (χ1v) is 7.76. The van der Waals surface area contributed by atoms with Crippen LogP contribution >= 0.6 is 11.3 Å². The van der Waals surface area contributed by atoms with E-state index in [4.69, 9.17) is 4.98 Å². The summed E-state index contributed by atoms with van der Waals surface area (Å²) in [5.41, 5.74) is 1.05. The largest absolute Gasteiger partial charge is 0.345 e. The topological polar surface area (TPSA) is 33.2 Å². The molecule has 0 N–H and O–H groups in total. The van der Waals surface area contributed by atoms with Crippen molar-refractivity contribution in [2.24, 2.45) is 5.92 Å². The Morgan fingerprint density at radius 2 is 2.17 bits per heavy atom. The molecule has 0 bridgehead atoms. The van der Waals surface area contributed by atoms with Gasteiger partial charge in [0.05, 0.1) is 10.6 Å². The van der Waals surface area contributed by atoms with Gasteiger partial charge in [-0.3, -0.25) is 4.79 Å². The minimum Gasteiger partial charge on any atom is -0.345 e. The molecule has 2 aliphatic carbocycles. The monoisotopic (exact) mass is 264 g/mol. The minimum atomic E-state index is 0.301. The number of rotatable bonds is 4. The van der Waals surface area contributed by atoms with E-state index in [-0.39, 0.29) is 0 Å². The zero-order valence-corrected chi connectivity index (χ0v) is 11.9. The third-order valence-corrected chi connectivity index (χ3v) is 4.95. The highest BCUT2D eigenvalue weighted by molar-refractivity contribution is 7.17. The first-order chi connectivity index (χ1) is 8.65. The molecule has 1 saturated carbocycles. The second-order valence-electron chi connectivity index (χ2n) is 5.74. The van der Waals surface area contributed by atoms with E-state index < -0.39 is 0 Å². The van der Waals surface area contributed by atoms with Crippen molar-refractivity contribution in [2.45, 2.75) is 52.0 Å². The van der Waals surface area contributed by atoms with Crippen LogP contribution in [-0.2, 0) is 6.42 Å². The van der Waals surface area contributed by atoms with Crippen LogP contribution in [0.15, 0.2) is 0 Å². The van der Waals surface area contributed by atoms with Gasteiger partial charge in [0.1, 0.15) is 0 Å². The van der Waals surface area contributed by atoms with Gasteiger partial charge in [-0.2, -0.15) is 0 Å². The number of hydrogen-bond acceptors (Lipinski definition) is 4. The number of aryl methyl sites for hydroxylation is 1. The van der Waals surface area contributed by atoms with Crippen molar-refractivity contribution in [1.82, 2.24) is 4.98 Å². The van der Waals surface area contributed by atoms with Crippen LogP contribution in [0.1, 0.15) is 54.9 Å². The summed E-state index contributed by atoms with van der Waals surface area (Å²) in [5, 5.41) is 1.07. The van der Waals surface area contributed by atoms with Crippen molar-refractivity contribution in [3.8, 4) is 0 Å². The third-order valence-electron chi connectivity index (χ3n) is 3.78. The highest BCUT2D eigenvalue weighted by Gasteiger charge is 2.29. The summed E-state index contributed by atoms with van der Waals surface area (Å²) in [7, 11) is 0. The second kappa shape index (κ2) is 4.65. The molecule has 3 nitrogen and oxygen atoms in total. The number of Topliss-reactive ketones (excluding diaryl/α,β-unsaturated/α-hetero) is 1. The third kappa shape index (κ3) is 2.30. The summed E-state index contributed by atoms with van der Waals surface area (Å²) in [4.78, 5) is 19.9. The van der Waals surface area contributed by atoms with Gasteiger partial charge >= 0.3 is 0 Å². The minimum absolute atomic E-state index is 0.301. The van der Waals surface area contributed by atoms with Gasteiger partial charge in [0.2, 0.25) is 0 Å². The average Bonchev–Trinajstić information content (AvgIpc) is 3.04. The molecule has 1 heterocycles. The maximum atomic E-state index is 11.9. The Morgan fingerprint density at radius 3 is 2.78 bits per heavy atom. The van der Waals surface area contributed by atoms with Gasteiger partial charge in [-0.15, -0.1) is 0 Å². The number of aromatic nitrogens is 1. The fraction of sp³-hybridized carbons (Fsp3) is 0.714. The van der Waals surface area contributed by atoms with E-state index >= 15 is 0 Å². The number of carbonyl (C=O) groups excluding carboxylic acids is 1. The van der Waals surface area contributed by atoms with Crippen LogP contribution in [0.25, 0.3) is 0 Å². The molecule has 0 saturated heterocycles. The van der Waals surface area contributed by atoms with Crippen LogP contribution in [0.3, 0.4) is 0 Å². The number of hydrogen-bond donors (Lipinski definition) is 0. The van der Waals surface area contributed by atoms with Crippen molar-refractivity contribution in [2.75, 3.05) is 11.4 Å². The van der Waals surface area contributed by atoms with Crippen molar-refractivity contribution >= 4 is 22.3 Å². The van der Waals surface area contributed by atoms with Crippen LogP contribution in [0.5, 0.6) is 0 Å². The fourth-order valence-corrected chi connectivity index (χ4v) is 3.69. The SMILES string of the molecule is CC(C)N(CC1CC1)c1nc2c(s1)C(=O)CCC2. The predicted octanol–water partition coefficient (Wildman–Crippen LogP) is 3.29. The smallest absolute Gasteiger partial charge is 0.186 e. The van der Waals surface area contributed by atoms with Crippen LogP contribution < -0.4 is 4.90 Å². The van der Waals surface area contributed by atoms with Crippen molar-refractivity contribution < 1.29 is 4.79 Å². The molecule has 0 radical (unpaired) electrons. The number of fused-ring (bicyclic) bond motifs is 1. The Bertz CT molecular complexity index is 462. The van der Waals surface area contributed by atoms with Gasteiger partial charge < -0.3 is 4.90 Å². The number of thiazole rings is 1. The van der Waals surface area contributed by atoms with E-state index in [1.54, 1.807) is 11.3 Å². The van der Waals surface area contributed by atoms with Crippen LogP contribution in [0.2, 0.25) is 0 Å². The Labute approximate surface area is 112 Å². The molecule has 0 amide bonds. The maximum absolute atomic E-state index is 11.9. The number of anilines is 1. The Balaban J connectivity index is 1.87. The van der Waals surface area contributed by atoms with Gasteiger partial charge in [0.15, 0.2) is 10.9 Å². The first-order valence-electron chi connectivity index (χ1n) is 6.94. The van der Waals surface area contributed by atoms with Gasteiger partial charge in [-0.25, -0.2) is 4.98 Å². The summed E-state index contributed by atoms with van der Waals surface area (Å²) in [6, 6.07) is 0.466. The van der Waals surface area contributed by atoms with Gasteiger partial charge in [-0.1, -0.05) is 11.3 Å². The molecule has 1 aromatic rings. The lowest BCUT2D eigenvalue weighted by Crippen LogP contribution is -2.32. The summed E-state index contributed by atoms with van der Waals surface area (Å²) in [6.07, 6.45) is 5.37. The number of carbonyl (C=O) groups is 1. The van der Waals surface area contributed by atoms with Gasteiger partial charge in [0.25, 0.3) is 0 Å². The highest BCUT2D eigenvalue weighted by atomic mass is 32.1. The molecule has 1 aromatic heterocycles. The van der Waals surface area contributed by atoms with E-state index in [0.29, 0.717) is 18.2 Å². The van der Waals surface area contributed by atoms with E-state index in [2.05, 4.69) is 18.7 Å². The average molecular weight is 264 g/mol. The Morgan fingerprint density at radius 1 is 1.39 bits per heavy atom. The molecule has 4 heteroatoms. The zero-order valence-electron chi connectivity index (χ0n) is 11.1. The molecular formula is C14H20N2OS. The Kier molecular flexibility index (Phi) is 3.14. The molecule has 0 spiro atoms. The molecule has 0 atom stereocenters. The molecule has 18 heavy (non-hydrogen) atoms.